The molecule has 0 saturated carbocycles. The number of hydrogen-bond acceptors (Lipinski definition) is 3. The van der Waals surface area contributed by atoms with Crippen molar-refractivity contribution in [1.82, 2.24) is 9.80 Å². The van der Waals surface area contributed by atoms with E-state index >= 15 is 0 Å². The number of aryl methyl sites for hydroxylation is 1. The van der Waals surface area contributed by atoms with Crippen LogP contribution in [0.3, 0.4) is 0 Å². The fourth-order valence-electron chi connectivity index (χ4n) is 3.08. The van der Waals surface area contributed by atoms with Crippen LogP contribution in [0.15, 0.2) is 18.2 Å². The van der Waals surface area contributed by atoms with Crippen molar-refractivity contribution < 1.29 is 9.90 Å². The van der Waals surface area contributed by atoms with Crippen LogP contribution in [0, 0.1) is 6.92 Å². The molecule has 1 N–H and O–H groups in total. The molecule has 1 fully saturated rings. The highest BCUT2D eigenvalue weighted by Gasteiger charge is 2.21. The van der Waals surface area contributed by atoms with Gasteiger partial charge in [0.1, 0.15) is 0 Å². The zero-order valence-corrected chi connectivity index (χ0v) is 13.3. The average Bonchev–Trinajstić information content (AvgIpc) is 2.49. The van der Waals surface area contributed by atoms with Gasteiger partial charge in [0, 0.05) is 12.6 Å². The largest absolute Gasteiger partial charge is 0.478 e. The smallest absolute Gasteiger partial charge is 0.335 e. The minimum atomic E-state index is -0.857. The second kappa shape index (κ2) is 7.05. The number of hydrogen-bond donors (Lipinski definition) is 1. The summed E-state index contributed by atoms with van der Waals surface area (Å²) in [6.45, 7) is 8.62. The van der Waals surface area contributed by atoms with Gasteiger partial charge in [-0.25, -0.2) is 4.79 Å². The predicted molar refractivity (Wildman–Crippen MR) is 84.7 cm³/mol. The van der Waals surface area contributed by atoms with Gasteiger partial charge in [0.2, 0.25) is 0 Å². The highest BCUT2D eigenvalue weighted by molar-refractivity contribution is 5.87. The van der Waals surface area contributed by atoms with E-state index in [4.69, 9.17) is 5.11 Å². The third-order valence-corrected chi connectivity index (χ3v) is 4.64. The van der Waals surface area contributed by atoms with Crippen molar-refractivity contribution in [2.45, 2.75) is 39.3 Å². The summed E-state index contributed by atoms with van der Waals surface area (Å²) in [6, 6.07) is 6.06. The maximum Gasteiger partial charge on any atom is 0.335 e. The number of nitrogens with zero attached hydrogens (tertiary/aromatic N) is 2. The zero-order valence-electron chi connectivity index (χ0n) is 13.3. The van der Waals surface area contributed by atoms with Crippen molar-refractivity contribution in [3.8, 4) is 0 Å². The monoisotopic (exact) mass is 290 g/mol. The summed E-state index contributed by atoms with van der Waals surface area (Å²) < 4.78 is 0. The molecule has 0 spiro atoms. The van der Waals surface area contributed by atoms with Gasteiger partial charge >= 0.3 is 5.97 Å². The number of rotatable bonds is 5. The minimum absolute atomic E-state index is 0.371. The molecular formula is C17H26N2O2. The minimum Gasteiger partial charge on any atom is -0.478 e. The van der Waals surface area contributed by atoms with Gasteiger partial charge in [-0.15, -0.1) is 0 Å². The molecule has 0 aromatic heterocycles. The van der Waals surface area contributed by atoms with Crippen molar-refractivity contribution >= 4 is 5.97 Å². The summed E-state index contributed by atoms with van der Waals surface area (Å²) in [5.41, 5.74) is 2.66. The zero-order chi connectivity index (χ0) is 15.4. The van der Waals surface area contributed by atoms with E-state index in [1.807, 2.05) is 13.0 Å². The van der Waals surface area contributed by atoms with Gasteiger partial charge < -0.3 is 10.0 Å². The Hall–Kier alpha value is -1.39. The molecule has 4 heteroatoms. The quantitative estimate of drug-likeness (QED) is 0.905. The summed E-state index contributed by atoms with van der Waals surface area (Å²) >= 11 is 0. The Morgan fingerprint density at radius 2 is 2.05 bits per heavy atom. The summed E-state index contributed by atoms with van der Waals surface area (Å²) in [4.78, 5) is 15.9. The van der Waals surface area contributed by atoms with Gasteiger partial charge in [-0.3, -0.25) is 4.90 Å². The average molecular weight is 290 g/mol. The van der Waals surface area contributed by atoms with E-state index in [-0.39, 0.29) is 0 Å². The Labute approximate surface area is 127 Å². The molecule has 0 bridgehead atoms. The van der Waals surface area contributed by atoms with Gasteiger partial charge in [-0.05, 0) is 69.7 Å². The van der Waals surface area contributed by atoms with Crippen LogP contribution >= 0.6 is 0 Å². The van der Waals surface area contributed by atoms with Crippen LogP contribution in [0.5, 0.6) is 0 Å². The molecule has 0 radical (unpaired) electrons. The lowest BCUT2D eigenvalue weighted by atomic mass is 10.0. The molecule has 1 aromatic carbocycles. The molecule has 116 valence electrons. The van der Waals surface area contributed by atoms with Crippen molar-refractivity contribution in [1.29, 1.82) is 0 Å². The molecule has 1 aliphatic rings. The van der Waals surface area contributed by atoms with E-state index in [1.54, 1.807) is 12.1 Å². The van der Waals surface area contributed by atoms with Gasteiger partial charge in [0.05, 0.1) is 5.56 Å². The Morgan fingerprint density at radius 3 is 2.57 bits per heavy atom. The molecular weight excluding hydrogens is 264 g/mol. The number of carbonyl (C=O) groups is 1. The number of carboxylic acids is 1. The van der Waals surface area contributed by atoms with Crippen LogP contribution in [0.2, 0.25) is 0 Å². The first-order valence-corrected chi connectivity index (χ1v) is 7.76. The maximum absolute atomic E-state index is 11.0. The third-order valence-electron chi connectivity index (χ3n) is 4.64. The Balaban J connectivity index is 1.96. The molecule has 1 saturated heterocycles. The van der Waals surface area contributed by atoms with Crippen molar-refractivity contribution in [2.24, 2.45) is 0 Å². The fourth-order valence-corrected chi connectivity index (χ4v) is 3.08. The van der Waals surface area contributed by atoms with Crippen LogP contribution < -0.4 is 0 Å². The molecule has 0 unspecified atom stereocenters. The Kier molecular flexibility index (Phi) is 5.37. The number of benzene rings is 1. The van der Waals surface area contributed by atoms with Crippen LogP contribution in [-0.4, -0.2) is 53.6 Å². The second-order valence-corrected chi connectivity index (χ2v) is 6.03. The van der Waals surface area contributed by atoms with Crippen LogP contribution in [0.1, 0.15) is 41.3 Å². The molecule has 1 aromatic rings. The summed E-state index contributed by atoms with van der Waals surface area (Å²) in [5.74, 6) is -0.857. The first-order chi connectivity index (χ1) is 10.0. The maximum atomic E-state index is 11.0. The molecule has 2 rings (SSSR count). The van der Waals surface area contributed by atoms with Crippen LogP contribution in [0.4, 0.5) is 0 Å². The SMILES string of the molecule is CCN1CCC(N(C)Cc2ccc(C(=O)O)cc2C)CC1. The molecule has 1 heterocycles. The van der Waals surface area contributed by atoms with Crippen LogP contribution in [-0.2, 0) is 6.54 Å². The Bertz CT molecular complexity index is 494. The third kappa shape index (κ3) is 4.05. The van der Waals surface area contributed by atoms with Crippen molar-refractivity contribution in [3.63, 3.8) is 0 Å². The summed E-state index contributed by atoms with van der Waals surface area (Å²) in [6.07, 6.45) is 2.44. The van der Waals surface area contributed by atoms with Crippen molar-refractivity contribution in [3.05, 3.63) is 34.9 Å². The topological polar surface area (TPSA) is 43.8 Å². The lowest BCUT2D eigenvalue weighted by molar-refractivity contribution is 0.0696. The van der Waals surface area contributed by atoms with E-state index in [1.165, 1.54) is 31.5 Å². The lowest BCUT2D eigenvalue weighted by Crippen LogP contribution is -2.42. The highest BCUT2D eigenvalue weighted by atomic mass is 16.4. The van der Waals surface area contributed by atoms with E-state index < -0.39 is 5.97 Å². The van der Waals surface area contributed by atoms with Crippen LogP contribution in [0.25, 0.3) is 0 Å². The molecule has 1 aliphatic heterocycles. The predicted octanol–water partition coefficient (Wildman–Crippen LogP) is 2.61. The van der Waals surface area contributed by atoms with Gasteiger partial charge in [0.25, 0.3) is 0 Å². The van der Waals surface area contributed by atoms with E-state index in [0.29, 0.717) is 11.6 Å². The first-order valence-electron chi connectivity index (χ1n) is 7.76. The molecule has 21 heavy (non-hydrogen) atoms. The lowest BCUT2D eigenvalue weighted by Gasteiger charge is -2.36. The van der Waals surface area contributed by atoms with Gasteiger partial charge in [-0.2, -0.15) is 0 Å². The Morgan fingerprint density at radius 1 is 1.38 bits per heavy atom. The number of carboxylic acid groups (broad SMARTS) is 1. The van der Waals surface area contributed by atoms with Gasteiger partial charge in [0.15, 0.2) is 0 Å². The molecule has 4 nitrogen and oxygen atoms in total. The van der Waals surface area contributed by atoms with Gasteiger partial charge in [-0.1, -0.05) is 13.0 Å². The van der Waals surface area contributed by atoms with E-state index in [2.05, 4.69) is 23.8 Å². The molecule has 0 aliphatic carbocycles. The first kappa shape index (κ1) is 16.0. The normalized spacial score (nSPS) is 17.3. The highest BCUT2D eigenvalue weighted by Crippen LogP contribution is 2.19. The molecule has 0 amide bonds. The second-order valence-electron chi connectivity index (χ2n) is 6.03. The fraction of sp³-hybridized carbons (Fsp3) is 0.588. The van der Waals surface area contributed by atoms with Crippen molar-refractivity contribution in [2.75, 3.05) is 26.7 Å². The standard InChI is InChI=1S/C17H26N2O2/c1-4-19-9-7-16(8-10-19)18(3)12-15-6-5-14(17(20)21)11-13(15)2/h5-6,11,16H,4,7-10,12H2,1-3H3,(H,20,21). The molecule has 0 atom stereocenters. The number of piperidine rings is 1. The summed E-state index contributed by atoms with van der Waals surface area (Å²) in [7, 11) is 2.18. The number of aromatic carboxylic acids is 1. The van der Waals surface area contributed by atoms with E-state index in [0.717, 1.165) is 18.7 Å². The van der Waals surface area contributed by atoms with E-state index in [9.17, 15) is 4.79 Å². The summed E-state index contributed by atoms with van der Waals surface area (Å²) in [5, 5.41) is 9.02. The number of likely N-dealkylation sites (tertiary alicyclic amines) is 1.